The third-order valence-electron chi connectivity index (χ3n) is 0.327. The fourth-order valence-corrected chi connectivity index (χ4v) is 0.712. The Hall–Kier alpha value is 0.130. The first-order chi connectivity index (χ1) is 3.56. The maximum absolute atomic E-state index is 10.0. The summed E-state index contributed by atoms with van der Waals surface area (Å²) in [6.07, 6.45) is 1.35. The number of hydrogen-bond donors (Lipinski definition) is 0. The Kier molecular flexibility index (Phi) is 3.27. The van der Waals surface area contributed by atoms with Crippen LogP contribution in [0.1, 0.15) is 0 Å². The van der Waals surface area contributed by atoms with Crippen LogP contribution in [-0.2, 0) is 12.7 Å². The topological polar surface area (TPSA) is 43.4 Å². The summed E-state index contributed by atoms with van der Waals surface area (Å²) in [5, 5.41) is 0. The van der Waals surface area contributed by atoms with Crippen molar-refractivity contribution < 1.29 is 12.6 Å². The van der Waals surface area contributed by atoms with Crippen LogP contribution in [0.3, 0.4) is 0 Å². The highest BCUT2D eigenvalue weighted by Crippen LogP contribution is 2.00. The zero-order valence-electron chi connectivity index (χ0n) is 4.00. The predicted molar refractivity (Wildman–Crippen MR) is 34.0 cm³/mol. The van der Waals surface area contributed by atoms with Gasteiger partial charge < -0.3 is 0 Å². The zero-order chi connectivity index (χ0) is 6.62. The predicted octanol–water partition coefficient (Wildman–Crippen LogP) is 0.829. The smallest absolute Gasteiger partial charge is 0.257 e. The molecule has 0 rings (SSSR count). The van der Waals surface area contributed by atoms with E-state index in [-0.39, 0.29) is 6.61 Å². The van der Waals surface area contributed by atoms with E-state index in [1.54, 1.807) is 0 Å². The lowest BCUT2D eigenvalue weighted by Gasteiger charge is -1.89. The normalized spacial score (nSPS) is 11.1. The fraction of sp³-hybridized carbons (Fsp3) is 0.333. The SMILES string of the molecule is C=CCOS(=O)(=O)Br. The molecule has 5 heteroatoms. The van der Waals surface area contributed by atoms with Crippen molar-refractivity contribution in [3.63, 3.8) is 0 Å². The molecular weight excluding hydrogens is 196 g/mol. The lowest BCUT2D eigenvalue weighted by Crippen LogP contribution is -1.94. The van der Waals surface area contributed by atoms with Crippen molar-refractivity contribution in [1.29, 1.82) is 0 Å². The van der Waals surface area contributed by atoms with Crippen molar-refractivity contribution >= 4 is 23.4 Å². The van der Waals surface area contributed by atoms with Crippen LogP contribution in [0.15, 0.2) is 12.7 Å². The maximum atomic E-state index is 10.0. The lowest BCUT2D eigenvalue weighted by atomic mass is 10.7. The summed E-state index contributed by atoms with van der Waals surface area (Å²) in [5.41, 5.74) is 0. The van der Waals surface area contributed by atoms with E-state index < -0.39 is 8.55 Å². The molecule has 0 aromatic rings. The molecule has 0 aliphatic rings. The van der Waals surface area contributed by atoms with Crippen LogP contribution >= 0.6 is 14.8 Å². The van der Waals surface area contributed by atoms with E-state index in [1.807, 2.05) is 0 Å². The van der Waals surface area contributed by atoms with E-state index >= 15 is 0 Å². The molecule has 0 unspecified atom stereocenters. The molecule has 0 fully saturated rings. The van der Waals surface area contributed by atoms with Gasteiger partial charge in [-0.3, -0.25) is 4.18 Å². The molecule has 0 amide bonds. The van der Waals surface area contributed by atoms with Crippen molar-refractivity contribution in [2.24, 2.45) is 0 Å². The Labute approximate surface area is 55.7 Å². The van der Waals surface area contributed by atoms with Gasteiger partial charge in [0.25, 0.3) is 0 Å². The monoisotopic (exact) mass is 200 g/mol. The van der Waals surface area contributed by atoms with Gasteiger partial charge in [0.15, 0.2) is 0 Å². The molecule has 0 saturated carbocycles. The molecule has 0 aromatic carbocycles. The van der Waals surface area contributed by atoms with Crippen LogP contribution in [0.5, 0.6) is 0 Å². The van der Waals surface area contributed by atoms with Crippen molar-refractivity contribution in [3.8, 4) is 0 Å². The minimum Gasteiger partial charge on any atom is -0.257 e. The van der Waals surface area contributed by atoms with Gasteiger partial charge in [-0.15, -0.1) is 6.58 Å². The molecule has 0 heterocycles. The van der Waals surface area contributed by atoms with Gasteiger partial charge >= 0.3 is 8.55 Å². The van der Waals surface area contributed by atoms with Crippen molar-refractivity contribution in [3.05, 3.63) is 12.7 Å². The summed E-state index contributed by atoms with van der Waals surface area (Å²) in [6.45, 7) is 3.26. The second-order valence-electron chi connectivity index (χ2n) is 0.966. The summed E-state index contributed by atoms with van der Waals surface area (Å²) < 4.78 is 24.2. The summed E-state index contributed by atoms with van der Waals surface area (Å²) >= 11 is 2.28. The average Bonchev–Trinajstić information content (AvgIpc) is 1.59. The van der Waals surface area contributed by atoms with Crippen LogP contribution in [0.25, 0.3) is 0 Å². The van der Waals surface area contributed by atoms with Crippen LogP contribution in [0.2, 0.25) is 0 Å². The molecule has 0 spiro atoms. The molecule has 0 aliphatic carbocycles. The molecule has 0 aromatic heterocycles. The molecule has 0 saturated heterocycles. The summed E-state index contributed by atoms with van der Waals surface area (Å²) in [5.74, 6) is 0. The van der Waals surface area contributed by atoms with Gasteiger partial charge in [0.1, 0.15) is 0 Å². The Morgan fingerprint density at radius 2 is 2.25 bits per heavy atom. The Morgan fingerprint density at radius 1 is 1.75 bits per heavy atom. The highest BCUT2D eigenvalue weighted by Gasteiger charge is 1.99. The van der Waals surface area contributed by atoms with Crippen molar-refractivity contribution in [1.82, 2.24) is 0 Å². The van der Waals surface area contributed by atoms with Gasteiger partial charge in [-0.1, -0.05) is 6.08 Å². The molecular formula is C3H5BrO3S. The minimum atomic E-state index is -3.45. The highest BCUT2D eigenvalue weighted by molar-refractivity contribution is 9.46. The molecule has 3 nitrogen and oxygen atoms in total. The Balaban J connectivity index is 3.57. The van der Waals surface area contributed by atoms with Crippen molar-refractivity contribution in [2.75, 3.05) is 6.61 Å². The van der Waals surface area contributed by atoms with Crippen LogP contribution in [0.4, 0.5) is 0 Å². The van der Waals surface area contributed by atoms with E-state index in [9.17, 15) is 8.42 Å². The fourth-order valence-electron chi connectivity index (χ4n) is 0.129. The number of rotatable bonds is 3. The minimum absolute atomic E-state index is 0.00752. The first-order valence-electron chi connectivity index (χ1n) is 1.76. The standard InChI is InChI=1S/C3H5BrO3S/c1-2-3-7-8(4,5)6/h2H,1,3H2. The van der Waals surface area contributed by atoms with Gasteiger partial charge in [-0.25, -0.2) is 0 Å². The van der Waals surface area contributed by atoms with E-state index in [2.05, 4.69) is 25.6 Å². The van der Waals surface area contributed by atoms with Crippen LogP contribution in [-0.4, -0.2) is 15.0 Å². The highest BCUT2D eigenvalue weighted by atomic mass is 79.9. The first kappa shape index (κ1) is 8.13. The molecule has 0 atom stereocenters. The number of halogens is 1. The van der Waals surface area contributed by atoms with Gasteiger partial charge in [0.05, 0.1) is 21.4 Å². The van der Waals surface area contributed by atoms with E-state index in [1.165, 1.54) is 6.08 Å². The zero-order valence-corrected chi connectivity index (χ0v) is 6.41. The van der Waals surface area contributed by atoms with E-state index in [0.29, 0.717) is 0 Å². The van der Waals surface area contributed by atoms with Crippen LogP contribution < -0.4 is 0 Å². The Morgan fingerprint density at radius 3 is 2.38 bits per heavy atom. The summed E-state index contributed by atoms with van der Waals surface area (Å²) in [6, 6.07) is 0. The van der Waals surface area contributed by atoms with E-state index in [4.69, 9.17) is 0 Å². The molecule has 0 aliphatic heterocycles. The van der Waals surface area contributed by atoms with Gasteiger partial charge in [0.2, 0.25) is 0 Å². The van der Waals surface area contributed by atoms with Crippen LogP contribution in [0, 0.1) is 0 Å². The third-order valence-corrected chi connectivity index (χ3v) is 1.31. The second-order valence-corrected chi connectivity index (χ2v) is 4.37. The quantitative estimate of drug-likeness (QED) is 0.501. The summed E-state index contributed by atoms with van der Waals surface area (Å²) in [4.78, 5) is 0. The average molecular weight is 201 g/mol. The third kappa shape index (κ3) is 6.13. The Bertz CT molecular complexity index is 159. The van der Waals surface area contributed by atoms with Gasteiger partial charge in [0, 0.05) is 0 Å². The van der Waals surface area contributed by atoms with Gasteiger partial charge in [-0.2, -0.15) is 8.42 Å². The van der Waals surface area contributed by atoms with Crippen molar-refractivity contribution in [2.45, 2.75) is 0 Å². The molecule has 0 radical (unpaired) electrons. The molecule has 0 bridgehead atoms. The molecule has 0 N–H and O–H groups in total. The largest absolute Gasteiger partial charge is 0.329 e. The second kappa shape index (κ2) is 3.21. The number of hydrogen-bond acceptors (Lipinski definition) is 3. The molecule has 8 heavy (non-hydrogen) atoms. The van der Waals surface area contributed by atoms with Gasteiger partial charge in [-0.05, 0) is 0 Å². The van der Waals surface area contributed by atoms with E-state index in [0.717, 1.165) is 0 Å². The maximum Gasteiger partial charge on any atom is 0.329 e. The lowest BCUT2D eigenvalue weighted by molar-refractivity contribution is 0.372. The summed E-state index contributed by atoms with van der Waals surface area (Å²) in [7, 11) is -3.45. The first-order valence-corrected chi connectivity index (χ1v) is 5.01. The molecule has 48 valence electrons.